The topological polar surface area (TPSA) is 90.6 Å². The summed E-state index contributed by atoms with van der Waals surface area (Å²) < 4.78 is 10.1. The van der Waals surface area contributed by atoms with E-state index in [2.05, 4.69) is 5.32 Å². The molecular formula is C21H26N2O4. The zero-order chi connectivity index (χ0) is 20.2. The number of carbonyl (C=O) groups excluding carboxylic acids is 2. The maximum Gasteiger partial charge on any atom is 0.339 e. The molecule has 2 aromatic carbocycles. The second kappa shape index (κ2) is 8.12. The average molecular weight is 370 g/mol. The number of nitrogens with one attached hydrogen (secondary N) is 1. The Morgan fingerprint density at radius 3 is 2.37 bits per heavy atom. The lowest BCUT2D eigenvalue weighted by molar-refractivity contribution is -0.155. The summed E-state index contributed by atoms with van der Waals surface area (Å²) in [6.07, 6.45) is 0. The predicted octanol–water partition coefficient (Wildman–Crippen LogP) is 3.86. The molecule has 2 aromatic rings. The Kier molecular flexibility index (Phi) is 6.10. The van der Waals surface area contributed by atoms with Crippen molar-refractivity contribution in [1.82, 2.24) is 0 Å². The molecule has 0 aliphatic heterocycles. The number of carbonyl (C=O) groups is 2. The molecular weight excluding hydrogens is 344 g/mol. The van der Waals surface area contributed by atoms with Crippen LogP contribution >= 0.6 is 0 Å². The van der Waals surface area contributed by atoms with Gasteiger partial charge in [0, 0.05) is 16.9 Å². The third-order valence-corrected chi connectivity index (χ3v) is 3.83. The molecule has 0 aliphatic rings. The minimum absolute atomic E-state index is 0.314. The van der Waals surface area contributed by atoms with Crippen LogP contribution in [0.5, 0.6) is 0 Å². The Morgan fingerprint density at radius 2 is 1.78 bits per heavy atom. The number of ether oxygens (including phenoxy) is 2. The first kappa shape index (κ1) is 20.3. The van der Waals surface area contributed by atoms with E-state index in [1.165, 1.54) is 7.11 Å². The maximum atomic E-state index is 12.3. The molecule has 0 aromatic heterocycles. The van der Waals surface area contributed by atoms with Crippen LogP contribution in [-0.2, 0) is 14.3 Å². The van der Waals surface area contributed by atoms with Crippen LogP contribution in [0.2, 0.25) is 0 Å². The molecule has 0 fully saturated rings. The third kappa shape index (κ3) is 5.23. The lowest BCUT2D eigenvalue weighted by atomic mass is 10.0. The molecule has 1 unspecified atom stereocenters. The van der Waals surface area contributed by atoms with Crippen molar-refractivity contribution in [3.8, 4) is 11.1 Å². The highest BCUT2D eigenvalue weighted by Crippen LogP contribution is 2.31. The van der Waals surface area contributed by atoms with E-state index in [1.54, 1.807) is 25.1 Å². The maximum absolute atomic E-state index is 12.3. The van der Waals surface area contributed by atoms with E-state index < -0.39 is 17.6 Å². The van der Waals surface area contributed by atoms with Gasteiger partial charge < -0.3 is 20.5 Å². The van der Waals surface area contributed by atoms with E-state index in [1.807, 2.05) is 45.0 Å². The summed E-state index contributed by atoms with van der Waals surface area (Å²) in [7, 11) is 1.31. The summed E-state index contributed by atoms with van der Waals surface area (Å²) in [5.41, 5.74) is 8.54. The number of para-hydroxylation sites is 1. The Balaban J connectivity index is 2.29. The van der Waals surface area contributed by atoms with E-state index in [0.717, 1.165) is 16.8 Å². The van der Waals surface area contributed by atoms with Gasteiger partial charge in [-0.25, -0.2) is 9.59 Å². The molecule has 0 radical (unpaired) electrons. The van der Waals surface area contributed by atoms with Gasteiger partial charge in [-0.1, -0.05) is 24.3 Å². The van der Waals surface area contributed by atoms with Crippen molar-refractivity contribution in [3.63, 3.8) is 0 Å². The van der Waals surface area contributed by atoms with Crippen LogP contribution in [0, 0.1) is 0 Å². The van der Waals surface area contributed by atoms with Crippen molar-refractivity contribution >= 4 is 23.3 Å². The number of nitrogen functional groups attached to an aromatic ring is 1. The predicted molar refractivity (Wildman–Crippen MR) is 107 cm³/mol. The number of benzene rings is 2. The fourth-order valence-electron chi connectivity index (χ4n) is 2.57. The fraction of sp³-hybridized carbons (Fsp3) is 0.333. The van der Waals surface area contributed by atoms with E-state index in [9.17, 15) is 9.59 Å². The second-order valence-corrected chi connectivity index (χ2v) is 7.24. The summed E-state index contributed by atoms with van der Waals surface area (Å²) in [5, 5.41) is 3.19. The molecule has 0 saturated carbocycles. The summed E-state index contributed by atoms with van der Waals surface area (Å²) in [5.74, 6) is -0.818. The molecule has 0 heterocycles. The first-order valence-corrected chi connectivity index (χ1v) is 8.69. The molecule has 3 N–H and O–H groups in total. The highest BCUT2D eigenvalue weighted by atomic mass is 16.6. The molecule has 6 nitrogen and oxygen atoms in total. The number of anilines is 2. The van der Waals surface area contributed by atoms with Crippen molar-refractivity contribution in [2.45, 2.75) is 39.3 Å². The Morgan fingerprint density at radius 1 is 1.11 bits per heavy atom. The van der Waals surface area contributed by atoms with Crippen LogP contribution in [0.1, 0.15) is 38.1 Å². The van der Waals surface area contributed by atoms with Gasteiger partial charge in [-0.2, -0.15) is 0 Å². The number of hydrogen-bond acceptors (Lipinski definition) is 6. The Bertz CT molecular complexity index is 840. The van der Waals surface area contributed by atoms with Crippen LogP contribution in [0.25, 0.3) is 11.1 Å². The van der Waals surface area contributed by atoms with Gasteiger partial charge in [0.05, 0.1) is 12.7 Å². The van der Waals surface area contributed by atoms with Crippen LogP contribution in [0.3, 0.4) is 0 Å². The minimum Gasteiger partial charge on any atom is -0.465 e. The lowest BCUT2D eigenvalue weighted by Gasteiger charge is -2.24. The first-order chi connectivity index (χ1) is 12.6. The van der Waals surface area contributed by atoms with Gasteiger partial charge in [0.25, 0.3) is 0 Å². The zero-order valence-corrected chi connectivity index (χ0v) is 16.3. The normalized spacial score (nSPS) is 12.2. The summed E-state index contributed by atoms with van der Waals surface area (Å²) in [6, 6.07) is 12.2. The van der Waals surface area contributed by atoms with E-state index >= 15 is 0 Å². The van der Waals surface area contributed by atoms with Crippen LogP contribution in [0.15, 0.2) is 42.5 Å². The van der Waals surface area contributed by atoms with Crippen molar-refractivity contribution in [2.24, 2.45) is 0 Å². The fourth-order valence-corrected chi connectivity index (χ4v) is 2.57. The second-order valence-electron chi connectivity index (χ2n) is 7.24. The molecule has 0 spiro atoms. The van der Waals surface area contributed by atoms with E-state index in [0.29, 0.717) is 11.3 Å². The largest absolute Gasteiger partial charge is 0.465 e. The number of rotatable bonds is 5. The quantitative estimate of drug-likeness (QED) is 0.613. The van der Waals surface area contributed by atoms with Crippen LogP contribution in [0.4, 0.5) is 11.4 Å². The summed E-state index contributed by atoms with van der Waals surface area (Å²) in [6.45, 7) is 7.24. The zero-order valence-electron chi connectivity index (χ0n) is 16.3. The van der Waals surface area contributed by atoms with Gasteiger partial charge in [-0.05, 0) is 51.5 Å². The van der Waals surface area contributed by atoms with Crippen molar-refractivity contribution in [2.75, 3.05) is 18.2 Å². The molecule has 0 amide bonds. The third-order valence-electron chi connectivity index (χ3n) is 3.83. The molecule has 6 heteroatoms. The van der Waals surface area contributed by atoms with E-state index in [-0.39, 0.29) is 5.97 Å². The SMILES string of the molecule is COC(=O)c1ccc(-c2ccccc2NC(C)C(=O)OC(C)(C)C)cc1N. The smallest absolute Gasteiger partial charge is 0.339 e. The van der Waals surface area contributed by atoms with Crippen molar-refractivity contribution in [1.29, 1.82) is 0 Å². The number of esters is 2. The highest BCUT2D eigenvalue weighted by molar-refractivity contribution is 5.96. The number of nitrogens with two attached hydrogens (primary N) is 1. The van der Waals surface area contributed by atoms with E-state index in [4.69, 9.17) is 15.2 Å². The van der Waals surface area contributed by atoms with Gasteiger partial charge in [0.2, 0.25) is 0 Å². The Labute approximate surface area is 159 Å². The van der Waals surface area contributed by atoms with Gasteiger partial charge >= 0.3 is 11.9 Å². The van der Waals surface area contributed by atoms with Crippen LogP contribution < -0.4 is 11.1 Å². The Hall–Kier alpha value is -3.02. The summed E-state index contributed by atoms with van der Waals surface area (Å²) >= 11 is 0. The molecule has 1 atom stereocenters. The summed E-state index contributed by atoms with van der Waals surface area (Å²) in [4.78, 5) is 24.0. The first-order valence-electron chi connectivity index (χ1n) is 8.69. The van der Waals surface area contributed by atoms with Gasteiger partial charge in [-0.15, -0.1) is 0 Å². The van der Waals surface area contributed by atoms with Gasteiger partial charge in [0.15, 0.2) is 0 Å². The standard InChI is InChI=1S/C21H26N2O4/c1-13(19(24)27-21(2,3)4)23-18-9-7-6-8-15(18)14-10-11-16(17(22)12-14)20(25)26-5/h6-13,23H,22H2,1-5H3. The molecule has 2 rings (SSSR count). The van der Waals surface area contributed by atoms with Crippen molar-refractivity contribution in [3.05, 3.63) is 48.0 Å². The molecule has 0 saturated heterocycles. The van der Waals surface area contributed by atoms with Gasteiger partial charge in [0.1, 0.15) is 11.6 Å². The molecule has 144 valence electrons. The average Bonchev–Trinajstić information content (AvgIpc) is 2.60. The highest BCUT2D eigenvalue weighted by Gasteiger charge is 2.22. The number of hydrogen-bond donors (Lipinski definition) is 2. The van der Waals surface area contributed by atoms with Gasteiger partial charge in [-0.3, -0.25) is 0 Å². The van der Waals surface area contributed by atoms with Crippen LogP contribution in [-0.4, -0.2) is 30.7 Å². The minimum atomic E-state index is -0.551. The lowest BCUT2D eigenvalue weighted by Crippen LogP contribution is -2.34. The molecule has 0 aliphatic carbocycles. The van der Waals surface area contributed by atoms with Crippen molar-refractivity contribution < 1.29 is 19.1 Å². The molecule has 27 heavy (non-hydrogen) atoms. The monoisotopic (exact) mass is 370 g/mol. The molecule has 0 bridgehead atoms. The number of methoxy groups -OCH3 is 1.